The molecule has 0 bridgehead atoms. The van der Waals surface area contributed by atoms with Gasteiger partial charge in [0, 0.05) is 31.2 Å². The molecule has 0 atom stereocenters. The minimum atomic E-state index is -0.203. The predicted molar refractivity (Wildman–Crippen MR) is 104 cm³/mol. The standard InChI is InChI=1S/C19H25ClN4O2/c1-19(2,3)17-12-16(23(4)22-17)18(25)21-13-5-6-15(14(20)11-13)24-7-9-26-10-8-24/h5-6,11-12H,7-10H2,1-4H3,(H,21,25). The lowest BCUT2D eigenvalue weighted by Crippen LogP contribution is -2.36. The molecule has 1 amide bonds. The number of nitrogens with zero attached hydrogens (tertiary/aromatic N) is 3. The molecule has 0 radical (unpaired) electrons. The Kier molecular flexibility index (Phi) is 5.25. The van der Waals surface area contributed by atoms with Gasteiger partial charge in [0.2, 0.25) is 0 Å². The number of halogens is 1. The summed E-state index contributed by atoms with van der Waals surface area (Å²) in [7, 11) is 1.78. The summed E-state index contributed by atoms with van der Waals surface area (Å²) in [4.78, 5) is 14.8. The van der Waals surface area contributed by atoms with Crippen LogP contribution in [0.1, 0.15) is 37.0 Å². The van der Waals surface area contributed by atoms with Crippen LogP contribution in [0.2, 0.25) is 5.02 Å². The SMILES string of the molecule is Cn1nc(C(C)(C)C)cc1C(=O)Nc1ccc(N2CCOCC2)c(Cl)c1. The van der Waals surface area contributed by atoms with E-state index in [0.717, 1.165) is 24.5 Å². The molecule has 1 aromatic carbocycles. The van der Waals surface area contributed by atoms with Gasteiger partial charge in [0.15, 0.2) is 0 Å². The zero-order chi connectivity index (χ0) is 18.9. The van der Waals surface area contributed by atoms with E-state index in [0.29, 0.717) is 29.6 Å². The third kappa shape index (κ3) is 4.02. The van der Waals surface area contributed by atoms with Crippen molar-refractivity contribution in [1.29, 1.82) is 0 Å². The van der Waals surface area contributed by atoms with Crippen molar-refractivity contribution in [1.82, 2.24) is 9.78 Å². The fourth-order valence-corrected chi connectivity index (χ4v) is 3.19. The van der Waals surface area contributed by atoms with E-state index in [1.807, 2.05) is 18.2 Å². The summed E-state index contributed by atoms with van der Waals surface area (Å²) in [6, 6.07) is 7.42. The Morgan fingerprint density at radius 2 is 1.92 bits per heavy atom. The fraction of sp³-hybridized carbons (Fsp3) is 0.474. The van der Waals surface area contributed by atoms with Crippen molar-refractivity contribution in [3.63, 3.8) is 0 Å². The molecular weight excluding hydrogens is 352 g/mol. The van der Waals surface area contributed by atoms with Crippen molar-refractivity contribution in [2.75, 3.05) is 36.5 Å². The number of ether oxygens (including phenoxy) is 1. The molecule has 1 aliphatic rings. The van der Waals surface area contributed by atoms with Gasteiger partial charge < -0.3 is 15.0 Å². The van der Waals surface area contributed by atoms with Gasteiger partial charge in [0.05, 0.1) is 29.6 Å². The lowest BCUT2D eigenvalue weighted by atomic mass is 9.92. The maximum Gasteiger partial charge on any atom is 0.273 e. The first kappa shape index (κ1) is 18.7. The van der Waals surface area contributed by atoms with E-state index >= 15 is 0 Å². The number of amides is 1. The summed E-state index contributed by atoms with van der Waals surface area (Å²) in [6.45, 7) is 9.24. The second-order valence-corrected chi connectivity index (χ2v) is 7.92. The Balaban J connectivity index is 1.75. The van der Waals surface area contributed by atoms with Crippen molar-refractivity contribution in [3.05, 3.63) is 40.7 Å². The summed E-state index contributed by atoms with van der Waals surface area (Å²) in [5.74, 6) is -0.203. The van der Waals surface area contributed by atoms with Crippen LogP contribution in [-0.4, -0.2) is 42.0 Å². The van der Waals surface area contributed by atoms with Gasteiger partial charge in [-0.2, -0.15) is 5.10 Å². The number of carbonyl (C=O) groups is 1. The van der Waals surface area contributed by atoms with Crippen LogP contribution in [0.25, 0.3) is 0 Å². The first-order valence-corrected chi connectivity index (χ1v) is 9.11. The van der Waals surface area contributed by atoms with Gasteiger partial charge >= 0.3 is 0 Å². The van der Waals surface area contributed by atoms with Crippen molar-refractivity contribution >= 4 is 28.9 Å². The van der Waals surface area contributed by atoms with Gasteiger partial charge in [0.1, 0.15) is 5.69 Å². The van der Waals surface area contributed by atoms with E-state index in [4.69, 9.17) is 16.3 Å². The lowest BCUT2D eigenvalue weighted by Gasteiger charge is -2.29. The number of anilines is 2. The normalized spacial score (nSPS) is 15.2. The highest BCUT2D eigenvalue weighted by molar-refractivity contribution is 6.33. The topological polar surface area (TPSA) is 59.4 Å². The highest BCUT2D eigenvalue weighted by Crippen LogP contribution is 2.30. The van der Waals surface area contributed by atoms with Crippen LogP contribution in [0, 0.1) is 0 Å². The molecular formula is C19H25ClN4O2. The molecule has 1 aromatic heterocycles. The highest BCUT2D eigenvalue weighted by Gasteiger charge is 2.22. The van der Waals surface area contributed by atoms with E-state index in [2.05, 4.69) is 36.1 Å². The number of hydrogen-bond acceptors (Lipinski definition) is 4. The molecule has 1 fully saturated rings. The molecule has 7 heteroatoms. The zero-order valence-electron chi connectivity index (χ0n) is 15.7. The first-order chi connectivity index (χ1) is 12.3. The Morgan fingerprint density at radius 3 is 2.50 bits per heavy atom. The van der Waals surface area contributed by atoms with E-state index in [-0.39, 0.29) is 11.3 Å². The van der Waals surface area contributed by atoms with Gasteiger partial charge in [-0.3, -0.25) is 9.48 Å². The van der Waals surface area contributed by atoms with Crippen LogP contribution in [0.3, 0.4) is 0 Å². The smallest absolute Gasteiger partial charge is 0.273 e. The Bertz CT molecular complexity index is 804. The van der Waals surface area contributed by atoms with Crippen LogP contribution < -0.4 is 10.2 Å². The average molecular weight is 377 g/mol. The minimum absolute atomic E-state index is 0.112. The molecule has 1 N–H and O–H groups in total. The monoisotopic (exact) mass is 376 g/mol. The van der Waals surface area contributed by atoms with E-state index in [1.54, 1.807) is 17.8 Å². The molecule has 0 unspecified atom stereocenters. The number of hydrogen-bond donors (Lipinski definition) is 1. The number of carbonyl (C=O) groups excluding carboxylic acids is 1. The molecule has 2 aromatic rings. The van der Waals surface area contributed by atoms with Gasteiger partial charge in [-0.25, -0.2) is 0 Å². The Labute approximate surface area is 159 Å². The summed E-state index contributed by atoms with van der Waals surface area (Å²) in [5, 5.41) is 7.97. The van der Waals surface area contributed by atoms with Crippen molar-refractivity contribution in [2.45, 2.75) is 26.2 Å². The molecule has 26 heavy (non-hydrogen) atoms. The Morgan fingerprint density at radius 1 is 1.23 bits per heavy atom. The number of rotatable bonds is 3. The number of morpholine rings is 1. The summed E-state index contributed by atoms with van der Waals surface area (Å²) >= 11 is 6.44. The summed E-state index contributed by atoms with van der Waals surface area (Å²) in [5.41, 5.74) is 2.91. The van der Waals surface area contributed by atoms with Gasteiger partial charge in [-0.1, -0.05) is 32.4 Å². The van der Waals surface area contributed by atoms with Crippen molar-refractivity contribution in [2.24, 2.45) is 7.05 Å². The van der Waals surface area contributed by atoms with Crippen LogP contribution in [0.4, 0.5) is 11.4 Å². The molecule has 0 spiro atoms. The molecule has 0 aliphatic carbocycles. The maximum atomic E-state index is 12.6. The third-order valence-electron chi connectivity index (χ3n) is 4.44. The maximum absolute atomic E-state index is 12.6. The molecule has 3 rings (SSSR count). The lowest BCUT2D eigenvalue weighted by molar-refractivity contribution is 0.101. The van der Waals surface area contributed by atoms with E-state index in [9.17, 15) is 4.79 Å². The largest absolute Gasteiger partial charge is 0.378 e. The van der Waals surface area contributed by atoms with Crippen LogP contribution >= 0.6 is 11.6 Å². The second kappa shape index (κ2) is 7.29. The van der Waals surface area contributed by atoms with Crippen molar-refractivity contribution < 1.29 is 9.53 Å². The molecule has 0 saturated carbocycles. The average Bonchev–Trinajstić information content (AvgIpc) is 2.98. The molecule has 6 nitrogen and oxygen atoms in total. The van der Waals surface area contributed by atoms with Gasteiger partial charge in [0.25, 0.3) is 5.91 Å². The number of benzene rings is 1. The number of aryl methyl sites for hydroxylation is 1. The van der Waals surface area contributed by atoms with Crippen LogP contribution in [0.5, 0.6) is 0 Å². The summed E-state index contributed by atoms with van der Waals surface area (Å²) < 4.78 is 6.98. The van der Waals surface area contributed by atoms with Gasteiger partial charge in [-0.05, 0) is 24.3 Å². The van der Waals surface area contributed by atoms with Crippen LogP contribution in [-0.2, 0) is 17.2 Å². The number of aromatic nitrogens is 2. The zero-order valence-corrected chi connectivity index (χ0v) is 16.4. The van der Waals surface area contributed by atoms with Gasteiger partial charge in [-0.15, -0.1) is 0 Å². The minimum Gasteiger partial charge on any atom is -0.378 e. The summed E-state index contributed by atoms with van der Waals surface area (Å²) in [6.07, 6.45) is 0. The first-order valence-electron chi connectivity index (χ1n) is 8.74. The van der Waals surface area contributed by atoms with E-state index < -0.39 is 0 Å². The third-order valence-corrected chi connectivity index (χ3v) is 4.74. The Hall–Kier alpha value is -2.05. The fourth-order valence-electron chi connectivity index (χ4n) is 2.89. The second-order valence-electron chi connectivity index (χ2n) is 7.51. The van der Waals surface area contributed by atoms with E-state index in [1.165, 1.54) is 0 Å². The number of nitrogens with one attached hydrogen (secondary N) is 1. The molecule has 1 saturated heterocycles. The quantitative estimate of drug-likeness (QED) is 0.891. The highest BCUT2D eigenvalue weighted by atomic mass is 35.5. The molecule has 2 heterocycles. The molecule has 1 aliphatic heterocycles. The predicted octanol–water partition coefficient (Wildman–Crippen LogP) is 3.46. The van der Waals surface area contributed by atoms with Crippen molar-refractivity contribution in [3.8, 4) is 0 Å². The van der Waals surface area contributed by atoms with Crippen LogP contribution in [0.15, 0.2) is 24.3 Å². The molecule has 140 valence electrons.